The molecule has 0 bridgehead atoms. The minimum absolute atomic E-state index is 0.407. The third-order valence-corrected chi connectivity index (χ3v) is 9.08. The Morgan fingerprint density at radius 3 is 1.79 bits per heavy atom. The standard InChI is InChI=1S/C18H20O3S3/c1-22-18(23-2,24-3)17(20,15-12-8-5-9-13-15)21-16(19)14-10-6-4-7-11-14/h4-13,20H,1-3H3. The van der Waals surface area contributed by atoms with Crippen molar-refractivity contribution < 1.29 is 14.6 Å². The van der Waals surface area contributed by atoms with Crippen molar-refractivity contribution in [3.05, 3.63) is 71.8 Å². The van der Waals surface area contributed by atoms with Crippen LogP contribution in [0.15, 0.2) is 60.7 Å². The van der Waals surface area contributed by atoms with Crippen LogP contribution in [0.3, 0.4) is 0 Å². The van der Waals surface area contributed by atoms with E-state index in [9.17, 15) is 9.90 Å². The number of hydrogen-bond donors (Lipinski definition) is 1. The molecule has 0 fully saturated rings. The van der Waals surface area contributed by atoms with E-state index in [0.29, 0.717) is 11.1 Å². The van der Waals surface area contributed by atoms with Crippen LogP contribution in [0.2, 0.25) is 0 Å². The van der Waals surface area contributed by atoms with E-state index < -0.39 is 15.2 Å². The first kappa shape index (κ1) is 19.2. The number of carbonyl (C=O) groups is 1. The molecule has 2 aromatic carbocycles. The fourth-order valence-electron chi connectivity index (χ4n) is 2.39. The molecule has 0 aliphatic rings. The van der Waals surface area contributed by atoms with Crippen molar-refractivity contribution in [1.82, 2.24) is 0 Å². The van der Waals surface area contributed by atoms with E-state index in [-0.39, 0.29) is 0 Å². The summed E-state index contributed by atoms with van der Waals surface area (Å²) in [5, 5.41) is 11.5. The summed E-state index contributed by atoms with van der Waals surface area (Å²) in [6.07, 6.45) is 5.70. The Balaban J connectivity index is 2.49. The first-order valence-electron chi connectivity index (χ1n) is 7.24. The molecule has 0 saturated carbocycles. The molecule has 0 spiro atoms. The molecule has 128 valence electrons. The van der Waals surface area contributed by atoms with E-state index in [2.05, 4.69) is 0 Å². The zero-order valence-electron chi connectivity index (χ0n) is 13.8. The van der Waals surface area contributed by atoms with Gasteiger partial charge in [0.2, 0.25) is 0 Å². The summed E-state index contributed by atoms with van der Waals surface area (Å²) in [5.41, 5.74) is 0.955. The van der Waals surface area contributed by atoms with Gasteiger partial charge in [0.25, 0.3) is 5.79 Å². The minimum atomic E-state index is -1.78. The van der Waals surface area contributed by atoms with Crippen LogP contribution in [0.1, 0.15) is 15.9 Å². The van der Waals surface area contributed by atoms with Gasteiger partial charge in [-0.05, 0) is 30.9 Å². The van der Waals surface area contributed by atoms with E-state index in [1.807, 2.05) is 43.0 Å². The third-order valence-electron chi connectivity index (χ3n) is 3.64. The van der Waals surface area contributed by atoms with Crippen LogP contribution in [-0.4, -0.2) is 33.3 Å². The van der Waals surface area contributed by atoms with Gasteiger partial charge in [0.1, 0.15) is 0 Å². The summed E-state index contributed by atoms with van der Waals surface area (Å²) in [6, 6.07) is 17.8. The lowest BCUT2D eigenvalue weighted by Gasteiger charge is -2.43. The lowest BCUT2D eigenvalue weighted by atomic mass is 10.1. The summed E-state index contributed by atoms with van der Waals surface area (Å²) >= 11 is 4.37. The molecule has 0 amide bonds. The molecule has 0 aliphatic carbocycles. The fourth-order valence-corrected chi connectivity index (χ4v) is 5.70. The first-order chi connectivity index (χ1) is 11.5. The molecule has 0 aromatic heterocycles. The van der Waals surface area contributed by atoms with Gasteiger partial charge in [-0.3, -0.25) is 0 Å². The van der Waals surface area contributed by atoms with E-state index in [0.717, 1.165) is 0 Å². The van der Waals surface area contributed by atoms with E-state index in [1.165, 1.54) is 35.3 Å². The van der Waals surface area contributed by atoms with Gasteiger partial charge in [0.15, 0.2) is 3.41 Å². The Kier molecular flexibility index (Phi) is 6.69. The van der Waals surface area contributed by atoms with Crippen molar-refractivity contribution >= 4 is 41.3 Å². The summed E-state index contributed by atoms with van der Waals surface area (Å²) in [4.78, 5) is 12.6. The van der Waals surface area contributed by atoms with Gasteiger partial charge in [0, 0.05) is 5.56 Å². The second-order valence-electron chi connectivity index (χ2n) is 4.93. The van der Waals surface area contributed by atoms with Crippen LogP contribution in [-0.2, 0) is 10.5 Å². The van der Waals surface area contributed by atoms with Crippen LogP contribution in [0.5, 0.6) is 0 Å². The highest BCUT2D eigenvalue weighted by atomic mass is 32.3. The molecule has 1 unspecified atom stereocenters. The number of hydrogen-bond acceptors (Lipinski definition) is 6. The zero-order valence-corrected chi connectivity index (χ0v) is 16.2. The quantitative estimate of drug-likeness (QED) is 0.566. The number of carbonyl (C=O) groups excluding carboxylic acids is 1. The van der Waals surface area contributed by atoms with Gasteiger partial charge >= 0.3 is 5.97 Å². The van der Waals surface area contributed by atoms with Crippen LogP contribution < -0.4 is 0 Å². The predicted octanol–water partition coefficient (Wildman–Crippen LogP) is 4.43. The second-order valence-corrected chi connectivity index (χ2v) is 8.77. The molecule has 1 N–H and O–H groups in total. The summed E-state index contributed by atoms with van der Waals surface area (Å²) < 4.78 is 4.91. The predicted molar refractivity (Wildman–Crippen MR) is 105 cm³/mol. The smallest absolute Gasteiger partial charge is 0.341 e. The number of thioether (sulfide) groups is 3. The van der Waals surface area contributed by atoms with Crippen molar-refractivity contribution in [3.63, 3.8) is 0 Å². The summed E-state index contributed by atoms with van der Waals surface area (Å²) in [5.74, 6) is -2.33. The van der Waals surface area contributed by atoms with Crippen LogP contribution in [0, 0.1) is 0 Å². The average Bonchev–Trinajstić information content (AvgIpc) is 2.65. The number of ether oxygens (including phenoxy) is 1. The SMILES string of the molecule is CSC(SC)(SC)C(O)(OC(=O)c1ccccc1)c1ccccc1. The second kappa shape index (κ2) is 8.34. The van der Waals surface area contributed by atoms with Gasteiger partial charge < -0.3 is 9.84 Å². The molecule has 2 aromatic rings. The molecular formula is C18H20O3S3. The van der Waals surface area contributed by atoms with E-state index in [1.54, 1.807) is 36.4 Å². The lowest BCUT2D eigenvalue weighted by Crippen LogP contribution is -2.48. The average molecular weight is 381 g/mol. The van der Waals surface area contributed by atoms with E-state index in [4.69, 9.17) is 4.74 Å². The normalized spacial score (nSPS) is 14.0. The van der Waals surface area contributed by atoms with Crippen molar-refractivity contribution in [2.45, 2.75) is 9.20 Å². The Morgan fingerprint density at radius 2 is 1.33 bits per heavy atom. The molecule has 0 radical (unpaired) electrons. The molecule has 0 saturated heterocycles. The number of aliphatic hydroxyl groups is 1. The Labute approximate surface area is 155 Å². The highest BCUT2D eigenvalue weighted by Crippen LogP contribution is 2.56. The molecule has 6 heteroatoms. The van der Waals surface area contributed by atoms with Gasteiger partial charge in [0.05, 0.1) is 5.56 Å². The Morgan fingerprint density at radius 1 is 0.875 bits per heavy atom. The Bertz CT molecular complexity index is 651. The molecule has 0 heterocycles. The largest absolute Gasteiger partial charge is 0.422 e. The molecule has 1 atom stereocenters. The molecule has 2 rings (SSSR count). The zero-order chi connectivity index (χ0) is 17.6. The molecule has 24 heavy (non-hydrogen) atoms. The van der Waals surface area contributed by atoms with Gasteiger partial charge in [-0.15, -0.1) is 35.3 Å². The van der Waals surface area contributed by atoms with Crippen molar-refractivity contribution in [3.8, 4) is 0 Å². The number of rotatable bonds is 7. The lowest BCUT2D eigenvalue weighted by molar-refractivity contribution is -0.166. The molecular weight excluding hydrogens is 360 g/mol. The molecule has 3 nitrogen and oxygen atoms in total. The summed E-state index contributed by atoms with van der Waals surface area (Å²) in [6.45, 7) is 0. The Hall–Kier alpha value is -1.08. The minimum Gasteiger partial charge on any atom is -0.422 e. The monoisotopic (exact) mass is 380 g/mol. The first-order valence-corrected chi connectivity index (χ1v) is 10.9. The molecule has 0 aliphatic heterocycles. The van der Waals surface area contributed by atoms with Crippen LogP contribution >= 0.6 is 35.3 Å². The van der Waals surface area contributed by atoms with Crippen molar-refractivity contribution in [2.24, 2.45) is 0 Å². The van der Waals surface area contributed by atoms with Crippen LogP contribution in [0.25, 0.3) is 0 Å². The van der Waals surface area contributed by atoms with Gasteiger partial charge in [-0.2, -0.15) is 0 Å². The van der Waals surface area contributed by atoms with Crippen molar-refractivity contribution in [2.75, 3.05) is 18.8 Å². The topological polar surface area (TPSA) is 46.5 Å². The fraction of sp³-hybridized carbons (Fsp3) is 0.278. The maximum Gasteiger partial charge on any atom is 0.341 e. The summed E-state index contributed by atoms with van der Waals surface area (Å²) in [7, 11) is 0. The highest BCUT2D eigenvalue weighted by molar-refractivity contribution is 8.33. The van der Waals surface area contributed by atoms with E-state index >= 15 is 0 Å². The van der Waals surface area contributed by atoms with Gasteiger partial charge in [-0.1, -0.05) is 48.5 Å². The van der Waals surface area contributed by atoms with Gasteiger partial charge in [-0.25, -0.2) is 4.79 Å². The maximum atomic E-state index is 12.6. The highest BCUT2D eigenvalue weighted by Gasteiger charge is 2.54. The number of esters is 1. The number of benzene rings is 2. The third kappa shape index (κ3) is 3.61. The van der Waals surface area contributed by atoms with Crippen molar-refractivity contribution in [1.29, 1.82) is 0 Å². The maximum absolute atomic E-state index is 12.6. The van der Waals surface area contributed by atoms with Crippen LogP contribution in [0.4, 0.5) is 0 Å².